The molecule has 0 fully saturated rings. The first-order valence-corrected chi connectivity index (χ1v) is 10.6. The summed E-state index contributed by atoms with van der Waals surface area (Å²) in [5, 5.41) is 14.2. The van der Waals surface area contributed by atoms with E-state index in [1.807, 2.05) is 30.3 Å². The van der Waals surface area contributed by atoms with Gasteiger partial charge < -0.3 is 5.32 Å². The Morgan fingerprint density at radius 2 is 1.79 bits per heavy atom. The standard InChI is InChI=1S/C22H26Cl2N4/c1-2-3-4-8-13-25-15-21-22(17-9-6-5-7-10-17)27-28(26-21)16-18-11-12-19(23)14-20(18)24/h5-7,9-12,14,25H,2-4,8,13,15-16H2,1H3. The lowest BCUT2D eigenvalue weighted by Gasteiger charge is -2.04. The summed E-state index contributed by atoms with van der Waals surface area (Å²) < 4.78 is 0. The molecule has 0 atom stereocenters. The molecule has 2 aromatic carbocycles. The lowest BCUT2D eigenvalue weighted by Crippen LogP contribution is -2.16. The van der Waals surface area contributed by atoms with Crippen LogP contribution in [0.15, 0.2) is 48.5 Å². The molecule has 148 valence electrons. The number of aromatic nitrogens is 3. The predicted octanol–water partition coefficient (Wildman–Crippen LogP) is 5.97. The van der Waals surface area contributed by atoms with Gasteiger partial charge in [-0.15, -0.1) is 0 Å². The summed E-state index contributed by atoms with van der Waals surface area (Å²) in [6, 6.07) is 15.7. The molecule has 1 heterocycles. The normalized spacial score (nSPS) is 11.1. The highest BCUT2D eigenvalue weighted by Crippen LogP contribution is 2.23. The van der Waals surface area contributed by atoms with E-state index in [-0.39, 0.29) is 0 Å². The van der Waals surface area contributed by atoms with Crippen molar-refractivity contribution in [3.05, 3.63) is 69.8 Å². The van der Waals surface area contributed by atoms with Crippen molar-refractivity contribution in [2.45, 2.75) is 45.7 Å². The molecule has 3 rings (SSSR count). The van der Waals surface area contributed by atoms with E-state index in [0.29, 0.717) is 23.1 Å². The van der Waals surface area contributed by atoms with Gasteiger partial charge in [-0.3, -0.25) is 0 Å². The summed E-state index contributed by atoms with van der Waals surface area (Å²) in [5.41, 5.74) is 3.87. The number of nitrogens with zero attached hydrogens (tertiary/aromatic N) is 3. The molecule has 0 unspecified atom stereocenters. The maximum Gasteiger partial charge on any atom is 0.117 e. The number of unbranched alkanes of at least 4 members (excludes halogenated alkanes) is 3. The van der Waals surface area contributed by atoms with Crippen LogP contribution in [0, 0.1) is 0 Å². The van der Waals surface area contributed by atoms with Crippen molar-refractivity contribution in [2.75, 3.05) is 6.54 Å². The Labute approximate surface area is 176 Å². The maximum absolute atomic E-state index is 6.32. The SMILES string of the molecule is CCCCCCNCc1nn(Cc2ccc(Cl)cc2Cl)nc1-c1ccccc1. The number of hydrogen-bond acceptors (Lipinski definition) is 3. The summed E-state index contributed by atoms with van der Waals surface area (Å²) in [7, 11) is 0. The second-order valence-electron chi connectivity index (χ2n) is 6.86. The number of rotatable bonds is 10. The fourth-order valence-electron chi connectivity index (χ4n) is 3.08. The van der Waals surface area contributed by atoms with Crippen LogP contribution < -0.4 is 5.32 Å². The third kappa shape index (κ3) is 5.81. The Morgan fingerprint density at radius 1 is 0.964 bits per heavy atom. The van der Waals surface area contributed by atoms with Crippen molar-refractivity contribution < 1.29 is 0 Å². The Kier molecular flexibility index (Phi) is 7.90. The lowest BCUT2D eigenvalue weighted by atomic mass is 10.1. The molecule has 0 aliphatic heterocycles. The number of halogens is 2. The minimum absolute atomic E-state index is 0.506. The highest BCUT2D eigenvalue weighted by Gasteiger charge is 2.14. The summed E-state index contributed by atoms with van der Waals surface area (Å²) in [6.07, 6.45) is 4.98. The first kappa shape index (κ1) is 20.8. The molecule has 0 aliphatic rings. The van der Waals surface area contributed by atoms with Crippen molar-refractivity contribution in [3.63, 3.8) is 0 Å². The van der Waals surface area contributed by atoms with Crippen molar-refractivity contribution in [2.24, 2.45) is 0 Å². The molecule has 0 saturated heterocycles. The Balaban J connectivity index is 1.75. The first-order chi connectivity index (χ1) is 13.7. The van der Waals surface area contributed by atoms with E-state index in [2.05, 4.69) is 24.4 Å². The van der Waals surface area contributed by atoms with E-state index in [0.717, 1.165) is 29.1 Å². The van der Waals surface area contributed by atoms with E-state index in [1.165, 1.54) is 25.7 Å². The summed E-state index contributed by atoms with van der Waals surface area (Å²) in [6.45, 7) is 4.42. The van der Waals surface area contributed by atoms with Gasteiger partial charge in [-0.1, -0.05) is 85.8 Å². The van der Waals surface area contributed by atoms with E-state index in [4.69, 9.17) is 33.4 Å². The van der Waals surface area contributed by atoms with E-state index >= 15 is 0 Å². The monoisotopic (exact) mass is 416 g/mol. The van der Waals surface area contributed by atoms with Crippen molar-refractivity contribution in [1.29, 1.82) is 0 Å². The molecule has 0 amide bonds. The minimum atomic E-state index is 0.506. The zero-order chi connectivity index (χ0) is 19.8. The fraction of sp³-hybridized carbons (Fsp3) is 0.364. The fourth-order valence-corrected chi connectivity index (χ4v) is 3.55. The Hall–Kier alpha value is -1.88. The van der Waals surface area contributed by atoms with Gasteiger partial charge in [0.1, 0.15) is 11.4 Å². The summed E-state index contributed by atoms with van der Waals surface area (Å²) in [4.78, 5) is 1.71. The van der Waals surface area contributed by atoms with Gasteiger partial charge in [-0.05, 0) is 30.7 Å². The predicted molar refractivity (Wildman–Crippen MR) is 117 cm³/mol. The van der Waals surface area contributed by atoms with Gasteiger partial charge in [0.25, 0.3) is 0 Å². The quantitative estimate of drug-likeness (QED) is 0.413. The summed E-state index contributed by atoms with van der Waals surface area (Å²) >= 11 is 12.3. The molecule has 4 nitrogen and oxygen atoms in total. The summed E-state index contributed by atoms with van der Waals surface area (Å²) in [5.74, 6) is 0. The average Bonchev–Trinajstić information content (AvgIpc) is 3.10. The molecule has 0 aliphatic carbocycles. The van der Waals surface area contributed by atoms with Crippen LogP contribution in [0.1, 0.15) is 43.9 Å². The topological polar surface area (TPSA) is 42.7 Å². The second kappa shape index (κ2) is 10.6. The van der Waals surface area contributed by atoms with Crippen LogP contribution in [0.3, 0.4) is 0 Å². The second-order valence-corrected chi connectivity index (χ2v) is 7.71. The smallest absolute Gasteiger partial charge is 0.117 e. The molecular formula is C22H26Cl2N4. The Morgan fingerprint density at radius 3 is 2.54 bits per heavy atom. The van der Waals surface area contributed by atoms with Gasteiger partial charge in [0.15, 0.2) is 0 Å². The van der Waals surface area contributed by atoms with Gasteiger partial charge in [0.2, 0.25) is 0 Å². The van der Waals surface area contributed by atoms with Gasteiger partial charge in [0, 0.05) is 22.2 Å². The molecule has 1 N–H and O–H groups in total. The van der Waals surface area contributed by atoms with Crippen LogP contribution in [0.25, 0.3) is 11.3 Å². The molecule has 0 bridgehead atoms. The Bertz CT molecular complexity index is 877. The minimum Gasteiger partial charge on any atom is -0.311 e. The zero-order valence-electron chi connectivity index (χ0n) is 16.2. The molecule has 28 heavy (non-hydrogen) atoms. The van der Waals surface area contributed by atoms with E-state index in [1.54, 1.807) is 10.9 Å². The lowest BCUT2D eigenvalue weighted by molar-refractivity contribution is 0.565. The third-order valence-corrected chi connectivity index (χ3v) is 5.19. The van der Waals surface area contributed by atoms with Crippen LogP contribution in [-0.4, -0.2) is 21.5 Å². The largest absolute Gasteiger partial charge is 0.311 e. The highest BCUT2D eigenvalue weighted by atomic mass is 35.5. The van der Waals surface area contributed by atoms with Crippen molar-refractivity contribution >= 4 is 23.2 Å². The van der Waals surface area contributed by atoms with Gasteiger partial charge >= 0.3 is 0 Å². The number of benzene rings is 2. The number of nitrogens with one attached hydrogen (secondary N) is 1. The molecule has 6 heteroatoms. The first-order valence-electron chi connectivity index (χ1n) is 9.81. The highest BCUT2D eigenvalue weighted by molar-refractivity contribution is 6.35. The molecular weight excluding hydrogens is 391 g/mol. The van der Waals surface area contributed by atoms with Crippen LogP contribution in [-0.2, 0) is 13.1 Å². The van der Waals surface area contributed by atoms with E-state index in [9.17, 15) is 0 Å². The van der Waals surface area contributed by atoms with Crippen LogP contribution in [0.4, 0.5) is 0 Å². The molecule has 0 spiro atoms. The molecule has 0 saturated carbocycles. The van der Waals surface area contributed by atoms with Gasteiger partial charge in [-0.2, -0.15) is 15.0 Å². The average molecular weight is 417 g/mol. The maximum atomic E-state index is 6.32. The van der Waals surface area contributed by atoms with E-state index < -0.39 is 0 Å². The van der Waals surface area contributed by atoms with Crippen molar-refractivity contribution in [3.8, 4) is 11.3 Å². The zero-order valence-corrected chi connectivity index (χ0v) is 17.7. The van der Waals surface area contributed by atoms with Gasteiger partial charge in [0.05, 0.1) is 6.54 Å². The molecule has 3 aromatic rings. The van der Waals surface area contributed by atoms with Crippen LogP contribution >= 0.6 is 23.2 Å². The number of hydrogen-bond donors (Lipinski definition) is 1. The third-order valence-electron chi connectivity index (χ3n) is 4.60. The van der Waals surface area contributed by atoms with Gasteiger partial charge in [-0.25, -0.2) is 0 Å². The van der Waals surface area contributed by atoms with Crippen LogP contribution in [0.5, 0.6) is 0 Å². The molecule has 0 radical (unpaired) electrons. The van der Waals surface area contributed by atoms with Crippen LogP contribution in [0.2, 0.25) is 10.0 Å². The molecule has 1 aromatic heterocycles. The van der Waals surface area contributed by atoms with Crippen molar-refractivity contribution in [1.82, 2.24) is 20.3 Å².